The fraction of sp³-hybridized carbons (Fsp3) is 0.474. The second kappa shape index (κ2) is 7.00. The van der Waals surface area contributed by atoms with Crippen LogP contribution in [-0.2, 0) is 11.2 Å². The highest BCUT2D eigenvalue weighted by molar-refractivity contribution is 5.94. The van der Waals surface area contributed by atoms with Crippen LogP contribution >= 0.6 is 0 Å². The molecule has 1 fully saturated rings. The molecule has 0 radical (unpaired) electrons. The number of pyridine rings is 1. The van der Waals surface area contributed by atoms with Crippen molar-refractivity contribution in [2.45, 2.75) is 32.5 Å². The maximum atomic E-state index is 13.0. The minimum absolute atomic E-state index is 0.0463. The van der Waals surface area contributed by atoms with Gasteiger partial charge in [-0.05, 0) is 26.0 Å². The minimum Gasteiger partial charge on any atom is -0.369 e. The van der Waals surface area contributed by atoms with Crippen molar-refractivity contribution >= 4 is 11.7 Å². The van der Waals surface area contributed by atoms with Crippen molar-refractivity contribution in [1.29, 1.82) is 5.26 Å². The summed E-state index contributed by atoms with van der Waals surface area (Å²) in [5.41, 5.74) is 2.95. The van der Waals surface area contributed by atoms with E-state index in [1.807, 2.05) is 18.7 Å². The number of hydrogen-bond acceptors (Lipinski definition) is 6. The zero-order chi connectivity index (χ0) is 19.0. The highest BCUT2D eigenvalue weighted by atomic mass is 16.5. The highest BCUT2D eigenvalue weighted by Gasteiger charge is 2.32. The number of aromatic amines is 1. The van der Waals surface area contributed by atoms with E-state index in [-0.39, 0.29) is 18.1 Å². The van der Waals surface area contributed by atoms with Crippen molar-refractivity contribution in [3.05, 3.63) is 40.8 Å². The lowest BCUT2D eigenvalue weighted by Gasteiger charge is -2.35. The number of nitrogens with zero attached hydrogens (tertiary/aromatic N) is 5. The number of nitrogens with one attached hydrogen (secondary N) is 1. The van der Waals surface area contributed by atoms with Gasteiger partial charge >= 0.3 is 0 Å². The van der Waals surface area contributed by atoms with E-state index in [1.54, 1.807) is 18.3 Å². The highest BCUT2D eigenvalue weighted by Crippen LogP contribution is 2.30. The molecule has 2 atom stereocenters. The number of carbonyl (C=O) groups excluding carboxylic acids is 1. The average molecular weight is 366 g/mol. The molecule has 0 spiro atoms. The number of aromatic nitrogens is 3. The van der Waals surface area contributed by atoms with Crippen LogP contribution in [0.2, 0.25) is 0 Å². The van der Waals surface area contributed by atoms with Gasteiger partial charge in [0.1, 0.15) is 11.9 Å². The van der Waals surface area contributed by atoms with Crippen LogP contribution < -0.4 is 4.90 Å². The van der Waals surface area contributed by atoms with E-state index in [1.165, 1.54) is 0 Å². The van der Waals surface area contributed by atoms with Gasteiger partial charge in [-0.3, -0.25) is 9.89 Å². The second-order valence-corrected chi connectivity index (χ2v) is 7.02. The topological polar surface area (TPSA) is 98.1 Å². The van der Waals surface area contributed by atoms with Crippen LogP contribution in [0.4, 0.5) is 5.82 Å². The summed E-state index contributed by atoms with van der Waals surface area (Å²) in [5, 5.41) is 16.6. The molecule has 0 aromatic carbocycles. The van der Waals surface area contributed by atoms with Crippen molar-refractivity contribution < 1.29 is 9.53 Å². The molecule has 27 heavy (non-hydrogen) atoms. The minimum atomic E-state index is -0.0804. The Hall–Kier alpha value is -2.92. The third kappa shape index (κ3) is 3.15. The van der Waals surface area contributed by atoms with Crippen LogP contribution in [0.15, 0.2) is 18.3 Å². The monoisotopic (exact) mass is 366 g/mol. The first-order valence-electron chi connectivity index (χ1n) is 9.20. The maximum absolute atomic E-state index is 13.0. The van der Waals surface area contributed by atoms with Gasteiger partial charge in [0.25, 0.3) is 5.91 Å². The molecule has 0 saturated carbocycles. The molecule has 4 heterocycles. The molecule has 140 valence electrons. The number of rotatable bonds is 2. The lowest BCUT2D eigenvalue weighted by molar-refractivity contribution is -0.00702. The summed E-state index contributed by atoms with van der Waals surface area (Å²) in [4.78, 5) is 21.2. The molecule has 0 aliphatic carbocycles. The van der Waals surface area contributed by atoms with E-state index in [4.69, 9.17) is 4.74 Å². The van der Waals surface area contributed by atoms with Crippen LogP contribution in [0.1, 0.15) is 47.3 Å². The van der Waals surface area contributed by atoms with E-state index in [9.17, 15) is 10.1 Å². The third-order valence-electron chi connectivity index (χ3n) is 5.21. The Kier molecular flexibility index (Phi) is 4.54. The van der Waals surface area contributed by atoms with Crippen molar-refractivity contribution in [3.63, 3.8) is 0 Å². The second-order valence-electron chi connectivity index (χ2n) is 7.02. The number of piperazine rings is 1. The molecule has 1 saturated heterocycles. The molecular formula is C19H22N6O2. The zero-order valence-corrected chi connectivity index (χ0v) is 15.5. The normalized spacial score (nSPS) is 22.3. The van der Waals surface area contributed by atoms with Gasteiger partial charge in [-0.15, -0.1) is 0 Å². The molecule has 8 heteroatoms. The predicted octanol–water partition coefficient (Wildman–Crippen LogP) is 1.66. The summed E-state index contributed by atoms with van der Waals surface area (Å²) >= 11 is 0. The van der Waals surface area contributed by atoms with E-state index >= 15 is 0 Å². The average Bonchev–Trinajstić information content (AvgIpc) is 3.11. The Bertz CT molecular complexity index is 894. The largest absolute Gasteiger partial charge is 0.369 e. The Morgan fingerprint density at radius 3 is 2.85 bits per heavy atom. The van der Waals surface area contributed by atoms with Crippen LogP contribution in [0, 0.1) is 11.3 Å². The lowest BCUT2D eigenvalue weighted by atomic mass is 9.99. The van der Waals surface area contributed by atoms with Gasteiger partial charge in [0, 0.05) is 44.4 Å². The lowest BCUT2D eigenvalue weighted by Crippen LogP contribution is -2.49. The number of nitriles is 1. The SMILES string of the molecule is C[C@@H]1Cc2c(C(=O)N3CCN(c4ncccc4C#N)CC3)n[nH]c2[C@H](C)O1. The van der Waals surface area contributed by atoms with Gasteiger partial charge < -0.3 is 14.5 Å². The number of hydrogen-bond donors (Lipinski definition) is 1. The molecule has 1 amide bonds. The molecule has 2 aromatic heterocycles. The molecule has 2 aliphatic rings. The first-order chi connectivity index (χ1) is 13.1. The molecule has 2 aliphatic heterocycles. The van der Waals surface area contributed by atoms with Gasteiger partial charge in [0.15, 0.2) is 5.69 Å². The molecule has 0 bridgehead atoms. The smallest absolute Gasteiger partial charge is 0.274 e. The Morgan fingerprint density at radius 1 is 1.33 bits per heavy atom. The molecule has 0 unspecified atom stereocenters. The number of anilines is 1. The van der Waals surface area contributed by atoms with Crippen molar-refractivity contribution in [3.8, 4) is 6.07 Å². The summed E-state index contributed by atoms with van der Waals surface area (Å²) in [6.07, 6.45) is 2.37. The molecule has 8 nitrogen and oxygen atoms in total. The number of ether oxygens (including phenoxy) is 1. The summed E-state index contributed by atoms with van der Waals surface area (Å²) in [7, 11) is 0. The predicted molar refractivity (Wildman–Crippen MR) is 98.3 cm³/mol. The summed E-state index contributed by atoms with van der Waals surface area (Å²) in [6, 6.07) is 5.70. The van der Waals surface area contributed by atoms with Crippen molar-refractivity contribution in [2.75, 3.05) is 31.1 Å². The standard InChI is InChI=1S/C19H22N6O2/c1-12-10-15-16(13(2)27-12)22-23-17(15)19(26)25-8-6-24(7-9-25)18-14(11-20)4-3-5-21-18/h3-5,12-13H,6-10H2,1-2H3,(H,22,23)/t12-,13+/m1/s1. The number of fused-ring (bicyclic) bond motifs is 1. The third-order valence-corrected chi connectivity index (χ3v) is 5.21. The Labute approximate surface area is 157 Å². The summed E-state index contributed by atoms with van der Waals surface area (Å²) in [5.74, 6) is 0.638. The summed E-state index contributed by atoms with van der Waals surface area (Å²) in [6.45, 7) is 6.41. The summed E-state index contributed by atoms with van der Waals surface area (Å²) < 4.78 is 5.80. The maximum Gasteiger partial charge on any atom is 0.274 e. The molecular weight excluding hydrogens is 344 g/mol. The van der Waals surface area contributed by atoms with E-state index in [2.05, 4.69) is 26.2 Å². The van der Waals surface area contributed by atoms with Crippen LogP contribution in [0.3, 0.4) is 0 Å². The Balaban J connectivity index is 1.48. The number of carbonyl (C=O) groups is 1. The van der Waals surface area contributed by atoms with Gasteiger partial charge in [0.2, 0.25) is 0 Å². The number of H-pyrrole nitrogens is 1. The van der Waals surface area contributed by atoms with E-state index in [0.717, 1.165) is 11.3 Å². The number of amides is 1. The first-order valence-corrected chi connectivity index (χ1v) is 9.20. The van der Waals surface area contributed by atoms with Gasteiger partial charge in [-0.1, -0.05) is 0 Å². The van der Waals surface area contributed by atoms with E-state index < -0.39 is 0 Å². The van der Waals surface area contributed by atoms with Gasteiger partial charge in [-0.25, -0.2) is 4.98 Å². The molecule has 2 aromatic rings. The van der Waals surface area contributed by atoms with Gasteiger partial charge in [0.05, 0.1) is 23.5 Å². The zero-order valence-electron chi connectivity index (χ0n) is 15.5. The van der Waals surface area contributed by atoms with Crippen LogP contribution in [0.5, 0.6) is 0 Å². The van der Waals surface area contributed by atoms with Crippen LogP contribution in [-0.4, -0.2) is 58.3 Å². The fourth-order valence-corrected chi connectivity index (χ4v) is 3.86. The quantitative estimate of drug-likeness (QED) is 0.868. The Morgan fingerprint density at radius 2 is 2.11 bits per heavy atom. The van der Waals surface area contributed by atoms with Gasteiger partial charge in [-0.2, -0.15) is 10.4 Å². The van der Waals surface area contributed by atoms with Crippen LogP contribution in [0.25, 0.3) is 0 Å². The van der Waals surface area contributed by atoms with E-state index in [0.29, 0.717) is 49.7 Å². The fourth-order valence-electron chi connectivity index (χ4n) is 3.86. The molecule has 1 N–H and O–H groups in total. The van der Waals surface area contributed by atoms with Crippen molar-refractivity contribution in [2.24, 2.45) is 0 Å². The van der Waals surface area contributed by atoms with Crippen molar-refractivity contribution in [1.82, 2.24) is 20.1 Å². The molecule has 4 rings (SSSR count). The first kappa shape index (κ1) is 17.5.